The molecule has 1 aliphatic heterocycles. The van der Waals surface area contributed by atoms with Crippen LogP contribution >= 0.6 is 11.3 Å². The van der Waals surface area contributed by atoms with Crippen molar-refractivity contribution in [3.8, 4) is 0 Å². The highest BCUT2D eigenvalue weighted by Gasteiger charge is 2.42. The molecular formula is C21H26N2O3S. The second-order valence-electron chi connectivity index (χ2n) is 7.07. The van der Waals surface area contributed by atoms with E-state index in [1.807, 2.05) is 55.6 Å². The minimum absolute atomic E-state index is 0.0254. The van der Waals surface area contributed by atoms with Crippen molar-refractivity contribution in [1.82, 2.24) is 5.32 Å². The molecule has 0 bridgehead atoms. The number of amides is 2. The van der Waals surface area contributed by atoms with E-state index >= 15 is 0 Å². The predicted molar refractivity (Wildman–Crippen MR) is 108 cm³/mol. The van der Waals surface area contributed by atoms with Gasteiger partial charge in [0.1, 0.15) is 0 Å². The van der Waals surface area contributed by atoms with Gasteiger partial charge in [-0.3, -0.25) is 9.59 Å². The highest BCUT2D eigenvalue weighted by Crippen LogP contribution is 2.41. The Bertz CT molecular complexity index is 773. The Balaban J connectivity index is 1.94. The molecule has 1 aromatic heterocycles. The zero-order valence-corrected chi connectivity index (χ0v) is 16.8. The van der Waals surface area contributed by atoms with Crippen molar-refractivity contribution in [2.45, 2.75) is 38.8 Å². The number of aryl methyl sites for hydroxylation is 1. The first-order chi connectivity index (χ1) is 13.0. The van der Waals surface area contributed by atoms with Crippen LogP contribution in [0.2, 0.25) is 0 Å². The minimum atomic E-state index is -0.290. The summed E-state index contributed by atoms with van der Waals surface area (Å²) in [5, 5.41) is 5.03. The van der Waals surface area contributed by atoms with Gasteiger partial charge >= 0.3 is 0 Å². The topological polar surface area (TPSA) is 58.6 Å². The fourth-order valence-electron chi connectivity index (χ4n) is 3.60. The third-order valence-electron chi connectivity index (χ3n) is 4.89. The number of hydrogen-bond donors (Lipinski definition) is 1. The molecule has 1 N–H and O–H groups in total. The molecule has 0 aliphatic carbocycles. The number of ether oxygens (including phenoxy) is 1. The van der Waals surface area contributed by atoms with Crippen molar-refractivity contribution in [2.75, 3.05) is 18.6 Å². The SMILES string of the molecule is COC[C@H](C)NC(=O)[C@H]1CCC(=O)N(c2ccc(C)cc2)[C@H]1c1cccs1. The fraction of sp³-hybridized carbons (Fsp3) is 0.429. The molecule has 0 spiro atoms. The quantitative estimate of drug-likeness (QED) is 0.824. The van der Waals surface area contributed by atoms with Gasteiger partial charge in [-0.15, -0.1) is 11.3 Å². The molecule has 2 aromatic rings. The standard InChI is InChI=1S/C21H26N2O3S/c1-14-6-8-16(9-7-14)23-19(24)11-10-17(20(23)18-5-4-12-27-18)21(25)22-15(2)13-26-3/h4-9,12,15,17,20H,10-11,13H2,1-3H3,(H,22,25)/t15-,17-,20+/m0/s1. The van der Waals surface area contributed by atoms with Crippen LogP contribution in [-0.4, -0.2) is 31.6 Å². The van der Waals surface area contributed by atoms with Crippen LogP contribution in [0.5, 0.6) is 0 Å². The largest absolute Gasteiger partial charge is 0.383 e. The van der Waals surface area contributed by atoms with Crippen LogP contribution in [-0.2, 0) is 14.3 Å². The van der Waals surface area contributed by atoms with Gasteiger partial charge in [0.05, 0.1) is 18.6 Å². The van der Waals surface area contributed by atoms with Crippen molar-refractivity contribution < 1.29 is 14.3 Å². The van der Waals surface area contributed by atoms with Crippen LogP contribution in [0.1, 0.15) is 36.2 Å². The third kappa shape index (κ3) is 4.39. The summed E-state index contributed by atoms with van der Waals surface area (Å²) in [4.78, 5) is 28.7. The molecule has 6 heteroatoms. The number of nitrogens with zero attached hydrogens (tertiary/aromatic N) is 1. The number of thiophene rings is 1. The number of benzene rings is 1. The second kappa shape index (κ2) is 8.67. The van der Waals surface area contributed by atoms with Crippen LogP contribution in [0.3, 0.4) is 0 Å². The van der Waals surface area contributed by atoms with Crippen LogP contribution in [0.15, 0.2) is 41.8 Å². The molecule has 2 amide bonds. The molecule has 3 atom stereocenters. The maximum Gasteiger partial charge on any atom is 0.227 e. The Morgan fingerprint density at radius 2 is 2.07 bits per heavy atom. The van der Waals surface area contributed by atoms with E-state index < -0.39 is 0 Å². The van der Waals surface area contributed by atoms with E-state index in [1.54, 1.807) is 23.3 Å². The van der Waals surface area contributed by atoms with Crippen LogP contribution in [0, 0.1) is 12.8 Å². The van der Waals surface area contributed by atoms with Crippen LogP contribution in [0.25, 0.3) is 0 Å². The normalized spacial score (nSPS) is 21.1. The third-order valence-corrected chi connectivity index (χ3v) is 5.83. The van der Waals surface area contributed by atoms with Gasteiger partial charge in [-0.1, -0.05) is 23.8 Å². The van der Waals surface area contributed by atoms with Gasteiger partial charge in [-0.2, -0.15) is 0 Å². The molecule has 1 fully saturated rings. The van der Waals surface area contributed by atoms with Crippen molar-refractivity contribution >= 4 is 28.8 Å². The summed E-state index contributed by atoms with van der Waals surface area (Å²) in [6.45, 7) is 4.40. The number of carbonyl (C=O) groups excluding carboxylic acids is 2. The second-order valence-corrected chi connectivity index (χ2v) is 8.05. The number of nitrogens with one attached hydrogen (secondary N) is 1. The zero-order chi connectivity index (χ0) is 19.4. The Morgan fingerprint density at radius 1 is 1.33 bits per heavy atom. The lowest BCUT2D eigenvalue weighted by Gasteiger charge is -2.40. The number of hydrogen-bond acceptors (Lipinski definition) is 4. The van der Waals surface area contributed by atoms with E-state index in [-0.39, 0.29) is 29.8 Å². The van der Waals surface area contributed by atoms with E-state index in [0.717, 1.165) is 16.1 Å². The number of rotatable bonds is 6. The van der Waals surface area contributed by atoms with Crippen LogP contribution < -0.4 is 10.2 Å². The first-order valence-corrected chi connectivity index (χ1v) is 10.1. The monoisotopic (exact) mass is 386 g/mol. The molecule has 3 rings (SSSR count). The lowest BCUT2D eigenvalue weighted by atomic mass is 9.86. The van der Waals surface area contributed by atoms with Gasteiger partial charge in [0.15, 0.2) is 0 Å². The fourth-order valence-corrected chi connectivity index (χ4v) is 4.48. The smallest absolute Gasteiger partial charge is 0.227 e. The molecule has 144 valence electrons. The highest BCUT2D eigenvalue weighted by atomic mass is 32.1. The molecule has 5 nitrogen and oxygen atoms in total. The average Bonchev–Trinajstić information content (AvgIpc) is 3.16. The molecule has 0 saturated carbocycles. The molecule has 1 saturated heterocycles. The summed E-state index contributed by atoms with van der Waals surface area (Å²) in [7, 11) is 1.62. The van der Waals surface area contributed by atoms with Gasteiger partial charge in [0.25, 0.3) is 0 Å². The van der Waals surface area contributed by atoms with E-state index in [2.05, 4.69) is 5.32 Å². The molecule has 1 aliphatic rings. The van der Waals surface area contributed by atoms with E-state index in [1.165, 1.54) is 0 Å². The summed E-state index contributed by atoms with van der Waals surface area (Å²) in [6, 6.07) is 11.5. The Hall–Kier alpha value is -2.18. The predicted octanol–water partition coefficient (Wildman–Crippen LogP) is 3.69. The number of piperidine rings is 1. The zero-order valence-electron chi connectivity index (χ0n) is 16.0. The van der Waals surface area contributed by atoms with E-state index in [4.69, 9.17) is 4.74 Å². The van der Waals surface area contributed by atoms with Gasteiger partial charge in [-0.05, 0) is 43.8 Å². The summed E-state index contributed by atoms with van der Waals surface area (Å²) in [6.07, 6.45) is 0.918. The van der Waals surface area contributed by atoms with Crippen molar-refractivity contribution in [3.05, 3.63) is 52.2 Å². The molecular weight excluding hydrogens is 360 g/mol. The minimum Gasteiger partial charge on any atom is -0.383 e. The summed E-state index contributed by atoms with van der Waals surface area (Å²) < 4.78 is 5.13. The summed E-state index contributed by atoms with van der Waals surface area (Å²) >= 11 is 1.58. The number of anilines is 1. The van der Waals surface area contributed by atoms with E-state index in [0.29, 0.717) is 19.4 Å². The Morgan fingerprint density at radius 3 is 2.70 bits per heavy atom. The molecule has 27 heavy (non-hydrogen) atoms. The first kappa shape index (κ1) is 19.6. The lowest BCUT2D eigenvalue weighted by Crippen LogP contribution is -2.50. The average molecular weight is 387 g/mol. The van der Waals surface area contributed by atoms with Gasteiger partial charge < -0.3 is 15.0 Å². The molecule has 2 heterocycles. The van der Waals surface area contributed by atoms with Gasteiger partial charge in [0, 0.05) is 30.1 Å². The molecule has 1 aromatic carbocycles. The van der Waals surface area contributed by atoms with Crippen molar-refractivity contribution in [2.24, 2.45) is 5.92 Å². The highest BCUT2D eigenvalue weighted by molar-refractivity contribution is 7.10. The van der Waals surface area contributed by atoms with Crippen LogP contribution in [0.4, 0.5) is 5.69 Å². The first-order valence-electron chi connectivity index (χ1n) is 9.22. The van der Waals surface area contributed by atoms with Gasteiger partial charge in [0.2, 0.25) is 11.8 Å². The number of methoxy groups -OCH3 is 1. The lowest BCUT2D eigenvalue weighted by molar-refractivity contribution is -0.130. The Kier molecular flexibility index (Phi) is 6.29. The maximum atomic E-state index is 13.0. The van der Waals surface area contributed by atoms with Crippen molar-refractivity contribution in [3.63, 3.8) is 0 Å². The molecule has 0 radical (unpaired) electrons. The van der Waals surface area contributed by atoms with E-state index in [9.17, 15) is 9.59 Å². The van der Waals surface area contributed by atoms with Crippen molar-refractivity contribution in [1.29, 1.82) is 0 Å². The summed E-state index contributed by atoms with van der Waals surface area (Å²) in [5.41, 5.74) is 1.98. The number of carbonyl (C=O) groups is 2. The maximum absolute atomic E-state index is 13.0. The molecule has 0 unspecified atom stereocenters. The Labute approximate surface area is 164 Å². The van der Waals surface area contributed by atoms with Gasteiger partial charge in [-0.25, -0.2) is 0 Å². The summed E-state index contributed by atoms with van der Waals surface area (Å²) in [5.74, 6) is -0.254.